The van der Waals surface area contributed by atoms with Crippen molar-refractivity contribution in [1.82, 2.24) is 10.2 Å². The van der Waals surface area contributed by atoms with E-state index in [0.29, 0.717) is 0 Å². The van der Waals surface area contributed by atoms with Crippen LogP contribution >= 0.6 is 0 Å². The van der Waals surface area contributed by atoms with Crippen LogP contribution in [0.1, 0.15) is 32.6 Å². The Balaban J connectivity index is 2.19. The van der Waals surface area contributed by atoms with E-state index in [1.165, 1.54) is 24.9 Å². The highest BCUT2D eigenvalue weighted by atomic mass is 15.3. The van der Waals surface area contributed by atoms with Gasteiger partial charge < -0.3 is 15.1 Å². The van der Waals surface area contributed by atoms with Crippen LogP contribution in [0.3, 0.4) is 0 Å². The summed E-state index contributed by atoms with van der Waals surface area (Å²) in [5, 5.41) is 3.45. The van der Waals surface area contributed by atoms with Crippen molar-refractivity contribution in [2.24, 2.45) is 4.99 Å². The molecule has 124 valence electrons. The summed E-state index contributed by atoms with van der Waals surface area (Å²) in [6.07, 6.45) is 4.75. The fraction of sp³-hybridized carbons (Fsp3) is 0.611. The molecule has 0 atom stereocenters. The molecule has 22 heavy (non-hydrogen) atoms. The molecule has 4 heteroatoms. The fourth-order valence-corrected chi connectivity index (χ4v) is 2.37. The Kier molecular flexibility index (Phi) is 9.12. The first-order valence-electron chi connectivity index (χ1n) is 8.37. The topological polar surface area (TPSA) is 30.9 Å². The van der Waals surface area contributed by atoms with Crippen molar-refractivity contribution in [2.75, 3.05) is 45.7 Å². The lowest BCUT2D eigenvalue weighted by Crippen LogP contribution is -2.39. The first-order chi connectivity index (χ1) is 10.7. The fourth-order valence-electron chi connectivity index (χ4n) is 2.37. The number of rotatable bonds is 9. The van der Waals surface area contributed by atoms with Gasteiger partial charge in [0.05, 0.1) is 0 Å². The van der Waals surface area contributed by atoms with E-state index in [1.54, 1.807) is 0 Å². The molecule has 0 fully saturated rings. The number of para-hydroxylation sites is 1. The molecule has 0 amide bonds. The number of hydrogen-bond acceptors (Lipinski definition) is 2. The SMILES string of the molecule is CCCCN(C)C(=NC)NCCCCN(C)c1ccccc1. The first kappa shape index (κ1) is 18.3. The van der Waals surface area contributed by atoms with E-state index < -0.39 is 0 Å². The molecule has 1 aromatic rings. The summed E-state index contributed by atoms with van der Waals surface area (Å²) < 4.78 is 0. The molecular formula is C18H32N4. The molecular weight excluding hydrogens is 272 g/mol. The average Bonchev–Trinajstić information content (AvgIpc) is 2.56. The molecule has 4 nitrogen and oxygen atoms in total. The van der Waals surface area contributed by atoms with Gasteiger partial charge >= 0.3 is 0 Å². The summed E-state index contributed by atoms with van der Waals surface area (Å²) in [5.74, 6) is 1.00. The molecule has 1 N–H and O–H groups in total. The van der Waals surface area contributed by atoms with Crippen LogP contribution in [0.25, 0.3) is 0 Å². The van der Waals surface area contributed by atoms with Crippen molar-refractivity contribution in [2.45, 2.75) is 32.6 Å². The number of nitrogens with one attached hydrogen (secondary N) is 1. The van der Waals surface area contributed by atoms with Gasteiger partial charge in [-0.1, -0.05) is 31.5 Å². The molecule has 0 saturated carbocycles. The lowest BCUT2D eigenvalue weighted by Gasteiger charge is -2.22. The Hall–Kier alpha value is -1.71. The number of nitrogens with zero attached hydrogens (tertiary/aromatic N) is 3. The van der Waals surface area contributed by atoms with Crippen LogP contribution in [0.2, 0.25) is 0 Å². The lowest BCUT2D eigenvalue weighted by molar-refractivity contribution is 0.463. The highest BCUT2D eigenvalue weighted by Gasteiger charge is 2.04. The zero-order valence-corrected chi connectivity index (χ0v) is 14.7. The van der Waals surface area contributed by atoms with Crippen LogP contribution in [0.15, 0.2) is 35.3 Å². The van der Waals surface area contributed by atoms with Gasteiger partial charge in [-0.25, -0.2) is 0 Å². The van der Waals surface area contributed by atoms with E-state index >= 15 is 0 Å². The molecule has 0 radical (unpaired) electrons. The van der Waals surface area contributed by atoms with Crippen LogP contribution in [0, 0.1) is 0 Å². The maximum atomic E-state index is 4.34. The molecule has 0 spiro atoms. The molecule has 1 aromatic carbocycles. The summed E-state index contributed by atoms with van der Waals surface area (Å²) in [6, 6.07) is 10.5. The molecule has 0 aliphatic carbocycles. The highest BCUT2D eigenvalue weighted by Crippen LogP contribution is 2.11. The second-order valence-corrected chi connectivity index (χ2v) is 5.71. The normalized spacial score (nSPS) is 11.4. The van der Waals surface area contributed by atoms with Crippen LogP contribution in [0.4, 0.5) is 5.69 Å². The second-order valence-electron chi connectivity index (χ2n) is 5.71. The molecule has 0 aliphatic heterocycles. The van der Waals surface area contributed by atoms with Gasteiger partial charge in [0, 0.05) is 46.5 Å². The summed E-state index contributed by atoms with van der Waals surface area (Å²) >= 11 is 0. The Bertz CT molecular complexity index is 416. The molecule has 0 saturated heterocycles. The van der Waals surface area contributed by atoms with E-state index in [2.05, 4.69) is 71.5 Å². The maximum Gasteiger partial charge on any atom is 0.193 e. The number of anilines is 1. The second kappa shape index (κ2) is 10.9. The van der Waals surface area contributed by atoms with E-state index in [4.69, 9.17) is 0 Å². The molecule has 0 aromatic heterocycles. The van der Waals surface area contributed by atoms with Crippen molar-refractivity contribution < 1.29 is 0 Å². The smallest absolute Gasteiger partial charge is 0.193 e. The molecule has 1 rings (SSSR count). The van der Waals surface area contributed by atoms with Gasteiger partial charge in [-0.05, 0) is 31.4 Å². The summed E-state index contributed by atoms with van der Waals surface area (Å²) in [7, 11) is 6.11. The Morgan fingerprint density at radius 3 is 2.41 bits per heavy atom. The predicted octanol–water partition coefficient (Wildman–Crippen LogP) is 3.21. The number of hydrogen-bond donors (Lipinski definition) is 1. The Morgan fingerprint density at radius 2 is 1.77 bits per heavy atom. The number of benzene rings is 1. The molecule has 0 aliphatic rings. The predicted molar refractivity (Wildman–Crippen MR) is 97.8 cm³/mol. The van der Waals surface area contributed by atoms with Gasteiger partial charge in [0.15, 0.2) is 5.96 Å². The van der Waals surface area contributed by atoms with Crippen molar-refractivity contribution in [1.29, 1.82) is 0 Å². The van der Waals surface area contributed by atoms with Crippen molar-refractivity contribution >= 4 is 11.6 Å². The third kappa shape index (κ3) is 6.83. The van der Waals surface area contributed by atoms with E-state index in [9.17, 15) is 0 Å². The van der Waals surface area contributed by atoms with Crippen molar-refractivity contribution in [3.63, 3.8) is 0 Å². The number of guanidine groups is 1. The zero-order valence-electron chi connectivity index (χ0n) is 14.7. The van der Waals surface area contributed by atoms with Crippen LogP contribution in [-0.4, -0.2) is 51.6 Å². The van der Waals surface area contributed by atoms with E-state index in [1.807, 2.05) is 7.05 Å². The quantitative estimate of drug-likeness (QED) is 0.432. The molecule has 0 unspecified atom stereocenters. The first-order valence-corrected chi connectivity index (χ1v) is 8.37. The van der Waals surface area contributed by atoms with Gasteiger partial charge in [-0.2, -0.15) is 0 Å². The zero-order chi connectivity index (χ0) is 16.2. The maximum absolute atomic E-state index is 4.34. The minimum Gasteiger partial charge on any atom is -0.375 e. The standard InChI is InChI=1S/C18H32N4/c1-5-6-15-22(4)18(19-2)20-14-10-11-16-21(3)17-12-8-7-9-13-17/h7-9,12-13H,5-6,10-11,14-16H2,1-4H3,(H,19,20). The van der Waals surface area contributed by atoms with Gasteiger partial charge in [-0.15, -0.1) is 0 Å². The number of aliphatic imine (C=N–C) groups is 1. The Morgan fingerprint density at radius 1 is 1.05 bits per heavy atom. The van der Waals surface area contributed by atoms with Crippen LogP contribution in [-0.2, 0) is 0 Å². The molecule has 0 bridgehead atoms. The lowest BCUT2D eigenvalue weighted by atomic mass is 10.2. The summed E-state index contributed by atoms with van der Waals surface area (Å²) in [6.45, 7) is 5.34. The van der Waals surface area contributed by atoms with E-state index in [-0.39, 0.29) is 0 Å². The van der Waals surface area contributed by atoms with E-state index in [0.717, 1.165) is 32.0 Å². The Labute approximate surface area is 136 Å². The summed E-state index contributed by atoms with van der Waals surface area (Å²) in [4.78, 5) is 8.86. The average molecular weight is 304 g/mol. The van der Waals surface area contributed by atoms with Gasteiger partial charge in [0.25, 0.3) is 0 Å². The third-order valence-corrected chi connectivity index (χ3v) is 3.82. The van der Waals surface area contributed by atoms with Crippen LogP contribution in [0.5, 0.6) is 0 Å². The molecule has 0 heterocycles. The third-order valence-electron chi connectivity index (χ3n) is 3.82. The number of unbranched alkanes of at least 4 members (excludes halogenated alkanes) is 2. The highest BCUT2D eigenvalue weighted by molar-refractivity contribution is 5.79. The van der Waals surface area contributed by atoms with Gasteiger partial charge in [-0.3, -0.25) is 4.99 Å². The van der Waals surface area contributed by atoms with Crippen LogP contribution < -0.4 is 10.2 Å². The van der Waals surface area contributed by atoms with Gasteiger partial charge in [0.2, 0.25) is 0 Å². The van der Waals surface area contributed by atoms with Crippen molar-refractivity contribution in [3.8, 4) is 0 Å². The monoisotopic (exact) mass is 304 g/mol. The van der Waals surface area contributed by atoms with Gasteiger partial charge in [0.1, 0.15) is 0 Å². The minimum atomic E-state index is 0.978. The van der Waals surface area contributed by atoms with Crippen molar-refractivity contribution in [3.05, 3.63) is 30.3 Å². The summed E-state index contributed by atoms with van der Waals surface area (Å²) in [5.41, 5.74) is 1.28. The largest absolute Gasteiger partial charge is 0.375 e. The minimum absolute atomic E-state index is 0.978.